The first-order valence-corrected chi connectivity index (χ1v) is 11.1. The molecule has 0 fully saturated rings. The summed E-state index contributed by atoms with van der Waals surface area (Å²) in [6.45, 7) is 9.95. The summed E-state index contributed by atoms with van der Waals surface area (Å²) >= 11 is 6.42. The van der Waals surface area contributed by atoms with E-state index < -0.39 is 11.5 Å². The van der Waals surface area contributed by atoms with Gasteiger partial charge in [-0.15, -0.1) is 0 Å². The number of pyridine rings is 1. The fourth-order valence-corrected chi connectivity index (χ4v) is 4.59. The van der Waals surface area contributed by atoms with Crippen molar-refractivity contribution < 1.29 is 9.59 Å². The Balaban J connectivity index is 1.85. The predicted molar refractivity (Wildman–Crippen MR) is 123 cm³/mol. The Hall–Kier alpha value is -2.44. The fraction of sp³-hybridized carbons (Fsp3) is 0.458. The van der Waals surface area contributed by atoms with Gasteiger partial charge in [-0.3, -0.25) is 19.3 Å². The maximum absolute atomic E-state index is 12.9. The largest absolute Gasteiger partial charge is 0.350 e. The van der Waals surface area contributed by atoms with Crippen molar-refractivity contribution in [1.29, 1.82) is 0 Å². The molecule has 1 aromatic heterocycles. The second-order valence-corrected chi connectivity index (χ2v) is 9.22. The number of carbonyl (C=O) groups excluding carboxylic acids is 2. The molecule has 6 nitrogen and oxygen atoms in total. The van der Waals surface area contributed by atoms with Gasteiger partial charge >= 0.3 is 0 Å². The average Bonchev–Trinajstić information content (AvgIpc) is 2.70. The van der Waals surface area contributed by atoms with Gasteiger partial charge in [-0.1, -0.05) is 57.5 Å². The number of carbonyl (C=O) groups is 2. The highest BCUT2D eigenvalue weighted by molar-refractivity contribution is 6.31. The van der Waals surface area contributed by atoms with E-state index in [1.807, 2.05) is 38.1 Å². The zero-order valence-corrected chi connectivity index (χ0v) is 19.3. The Kier molecular flexibility index (Phi) is 7.02. The van der Waals surface area contributed by atoms with E-state index in [2.05, 4.69) is 29.0 Å². The molecule has 3 rings (SSSR count). The van der Waals surface area contributed by atoms with Crippen molar-refractivity contribution >= 4 is 23.3 Å². The number of rotatable bonds is 7. The molecule has 0 saturated heterocycles. The molecule has 2 N–H and O–H groups in total. The Morgan fingerprint density at radius 3 is 2.52 bits per heavy atom. The summed E-state index contributed by atoms with van der Waals surface area (Å²) in [5.41, 5.74) is 1.26. The van der Waals surface area contributed by atoms with Crippen LogP contribution in [0.3, 0.4) is 0 Å². The van der Waals surface area contributed by atoms with Crippen LogP contribution in [0.2, 0.25) is 5.02 Å². The van der Waals surface area contributed by atoms with Crippen molar-refractivity contribution in [2.24, 2.45) is 5.41 Å². The van der Waals surface area contributed by atoms with Crippen molar-refractivity contribution in [3.63, 3.8) is 0 Å². The van der Waals surface area contributed by atoms with E-state index in [0.29, 0.717) is 35.7 Å². The maximum Gasteiger partial charge on any atom is 0.261 e. The fourth-order valence-electron chi connectivity index (χ4n) is 4.33. The molecule has 7 heteroatoms. The van der Waals surface area contributed by atoms with Crippen molar-refractivity contribution in [2.45, 2.75) is 46.6 Å². The van der Waals surface area contributed by atoms with Gasteiger partial charge in [0.05, 0.1) is 6.04 Å². The Morgan fingerprint density at radius 1 is 1.19 bits per heavy atom. The number of fused-ring (bicyclic) bond motifs is 1. The van der Waals surface area contributed by atoms with Gasteiger partial charge in [0.15, 0.2) is 5.78 Å². The number of likely N-dealkylation sites (N-methyl/N-ethyl adjacent to an activating group) is 1. The van der Waals surface area contributed by atoms with Crippen LogP contribution in [0, 0.1) is 5.41 Å². The molecule has 0 bridgehead atoms. The SMILES string of the molecule is CCN(CC)C(CNC(=O)c1cc2c([nH]c1=O)CC(C)(C)CC2=O)c1ccccc1Cl. The summed E-state index contributed by atoms with van der Waals surface area (Å²) in [6.07, 6.45) is 0.991. The first-order chi connectivity index (χ1) is 14.7. The van der Waals surface area contributed by atoms with Crippen LogP contribution >= 0.6 is 11.6 Å². The number of hydrogen-bond donors (Lipinski definition) is 2. The molecule has 166 valence electrons. The van der Waals surface area contributed by atoms with Crippen LogP contribution < -0.4 is 10.9 Å². The summed E-state index contributed by atoms with van der Waals surface area (Å²) in [5, 5.41) is 3.51. The van der Waals surface area contributed by atoms with Crippen molar-refractivity contribution in [3.8, 4) is 0 Å². The molecule has 1 aromatic carbocycles. The van der Waals surface area contributed by atoms with E-state index in [-0.39, 0.29) is 22.8 Å². The molecule has 2 aromatic rings. The van der Waals surface area contributed by atoms with Gasteiger partial charge in [-0.25, -0.2) is 0 Å². The Morgan fingerprint density at radius 2 is 1.87 bits per heavy atom. The minimum absolute atomic E-state index is 0.0377. The minimum atomic E-state index is -0.495. The molecular weight excluding hydrogens is 414 g/mol. The van der Waals surface area contributed by atoms with Crippen LogP contribution in [-0.2, 0) is 6.42 Å². The predicted octanol–water partition coefficient (Wildman–Crippen LogP) is 4.00. The zero-order chi connectivity index (χ0) is 22.8. The number of aromatic nitrogens is 1. The van der Waals surface area contributed by atoms with Crippen LogP contribution in [0.15, 0.2) is 35.1 Å². The number of ketones is 1. The number of Topliss-reactive ketones (excluding diaryl/α,β-unsaturated/α-hetero) is 1. The quantitative estimate of drug-likeness (QED) is 0.677. The lowest BCUT2D eigenvalue weighted by Crippen LogP contribution is -2.40. The Bertz CT molecular complexity index is 1040. The molecule has 1 amide bonds. The second kappa shape index (κ2) is 9.37. The number of amides is 1. The van der Waals surface area contributed by atoms with E-state index >= 15 is 0 Å². The van der Waals surface area contributed by atoms with Gasteiger partial charge in [-0.2, -0.15) is 0 Å². The number of halogens is 1. The van der Waals surface area contributed by atoms with Crippen molar-refractivity contribution in [1.82, 2.24) is 15.2 Å². The molecule has 1 unspecified atom stereocenters. The molecule has 1 atom stereocenters. The van der Waals surface area contributed by atoms with Gasteiger partial charge in [0.25, 0.3) is 11.5 Å². The average molecular weight is 444 g/mol. The van der Waals surface area contributed by atoms with Gasteiger partial charge in [0, 0.05) is 29.2 Å². The lowest BCUT2D eigenvalue weighted by Gasteiger charge is -2.31. The summed E-state index contributed by atoms with van der Waals surface area (Å²) in [6, 6.07) is 8.88. The van der Waals surface area contributed by atoms with Crippen LogP contribution in [0.25, 0.3) is 0 Å². The zero-order valence-electron chi connectivity index (χ0n) is 18.5. The van der Waals surface area contributed by atoms with E-state index in [0.717, 1.165) is 18.7 Å². The van der Waals surface area contributed by atoms with Crippen molar-refractivity contribution in [2.75, 3.05) is 19.6 Å². The van der Waals surface area contributed by atoms with Gasteiger partial charge in [-0.05, 0) is 42.6 Å². The van der Waals surface area contributed by atoms with E-state index in [1.165, 1.54) is 6.07 Å². The second-order valence-electron chi connectivity index (χ2n) is 8.81. The number of nitrogens with zero attached hydrogens (tertiary/aromatic N) is 1. The van der Waals surface area contributed by atoms with Crippen LogP contribution in [0.4, 0.5) is 0 Å². The lowest BCUT2D eigenvalue weighted by atomic mass is 9.75. The number of H-pyrrole nitrogens is 1. The molecule has 0 spiro atoms. The van der Waals surface area contributed by atoms with E-state index in [4.69, 9.17) is 11.6 Å². The normalized spacial score (nSPS) is 16.1. The van der Waals surface area contributed by atoms with Gasteiger partial charge in [0.1, 0.15) is 5.56 Å². The molecule has 1 heterocycles. The third-order valence-corrected chi connectivity index (χ3v) is 6.28. The third-order valence-electron chi connectivity index (χ3n) is 5.94. The first kappa shape index (κ1) is 23.2. The highest BCUT2D eigenvalue weighted by Gasteiger charge is 2.33. The third kappa shape index (κ3) is 5.08. The molecule has 31 heavy (non-hydrogen) atoms. The summed E-state index contributed by atoms with van der Waals surface area (Å²) < 4.78 is 0. The smallest absolute Gasteiger partial charge is 0.261 e. The standard InChI is InChI=1S/C24H30ClN3O3/c1-5-28(6-2)20(15-9-7-8-10-18(15)25)14-26-22(30)17-11-16-19(27-23(17)31)12-24(3,4)13-21(16)29/h7-11,20H,5-6,12-14H2,1-4H3,(H,26,30)(H,27,31). The maximum atomic E-state index is 12.9. The van der Waals surface area contributed by atoms with Crippen LogP contribution in [0.5, 0.6) is 0 Å². The highest BCUT2D eigenvalue weighted by atomic mass is 35.5. The molecule has 1 aliphatic rings. The molecular formula is C24H30ClN3O3. The highest BCUT2D eigenvalue weighted by Crippen LogP contribution is 2.33. The Labute approximate surface area is 188 Å². The topological polar surface area (TPSA) is 82.3 Å². The summed E-state index contributed by atoms with van der Waals surface area (Å²) in [7, 11) is 0. The number of benzene rings is 1. The van der Waals surface area contributed by atoms with E-state index in [1.54, 1.807) is 0 Å². The van der Waals surface area contributed by atoms with Gasteiger partial charge in [0.2, 0.25) is 0 Å². The number of hydrogen-bond acceptors (Lipinski definition) is 4. The lowest BCUT2D eigenvalue weighted by molar-refractivity contribution is 0.0910. The molecule has 0 radical (unpaired) electrons. The molecule has 0 aliphatic heterocycles. The summed E-state index contributed by atoms with van der Waals surface area (Å²) in [5.74, 6) is -0.542. The monoisotopic (exact) mass is 443 g/mol. The molecule has 0 saturated carbocycles. The minimum Gasteiger partial charge on any atom is -0.350 e. The first-order valence-electron chi connectivity index (χ1n) is 10.7. The van der Waals surface area contributed by atoms with E-state index in [9.17, 15) is 14.4 Å². The van der Waals surface area contributed by atoms with Crippen LogP contribution in [0.1, 0.15) is 72.1 Å². The van der Waals surface area contributed by atoms with Crippen LogP contribution in [-0.4, -0.2) is 41.2 Å². The molecule has 1 aliphatic carbocycles. The number of aromatic amines is 1. The summed E-state index contributed by atoms with van der Waals surface area (Å²) in [4.78, 5) is 43.1. The van der Waals surface area contributed by atoms with Gasteiger partial charge < -0.3 is 10.3 Å². The van der Waals surface area contributed by atoms with Crippen molar-refractivity contribution in [3.05, 3.63) is 68.1 Å². The number of nitrogens with one attached hydrogen (secondary N) is 2.